The van der Waals surface area contributed by atoms with Crippen molar-refractivity contribution >= 4 is 77.2 Å². The first-order chi connectivity index (χ1) is 23.4. The number of allylic oxidation sites excluding steroid dienone is 3. The molecule has 2 aromatic heterocycles. The Bertz CT molecular complexity index is 1900. The molecular formula is C40H42N2O4S2. The number of thiophene rings is 2. The summed E-state index contributed by atoms with van der Waals surface area (Å²) in [5, 5.41) is 0.780. The van der Waals surface area contributed by atoms with Crippen molar-refractivity contribution in [2.75, 3.05) is 0 Å². The zero-order valence-electron chi connectivity index (χ0n) is 27.5. The van der Waals surface area contributed by atoms with Gasteiger partial charge in [0.1, 0.15) is 10.7 Å². The van der Waals surface area contributed by atoms with E-state index in [2.05, 4.69) is 12.1 Å². The van der Waals surface area contributed by atoms with E-state index in [1.54, 1.807) is 11.3 Å². The minimum atomic E-state index is -0.250. The van der Waals surface area contributed by atoms with Crippen LogP contribution in [0.3, 0.4) is 0 Å². The molecule has 0 aromatic carbocycles. The number of carbonyl (C=O) groups is 4. The standard InChI is InChI=1S/C40H42N2O4S2/c43-33-21-11-3-4-12-22(21)34(44)31(33)41-27-19-25-29(40(27)17-9-2-10-18-40)38-30(39(25)15-7-1-8-16-39)37-26(47-38)20-28(48-37)42-32-35(45)23-13-5-6-14-24(23)36(32)46/h19-24H,1-18H2. The van der Waals surface area contributed by atoms with Crippen LogP contribution in [0, 0.1) is 29.1 Å². The van der Waals surface area contributed by atoms with E-state index < -0.39 is 0 Å². The maximum atomic E-state index is 13.7. The average Bonchev–Trinajstić information content (AvgIpc) is 3.90. The summed E-state index contributed by atoms with van der Waals surface area (Å²) >= 11 is 3.53. The summed E-state index contributed by atoms with van der Waals surface area (Å²) in [4.78, 5) is 65.3. The Morgan fingerprint density at radius 2 is 1.08 bits per heavy atom. The Labute approximate surface area is 289 Å². The zero-order chi connectivity index (χ0) is 32.4. The number of rotatable bonds is 2. The molecule has 0 saturated heterocycles. The van der Waals surface area contributed by atoms with Gasteiger partial charge in [-0.3, -0.25) is 19.2 Å². The third kappa shape index (κ3) is 3.96. The molecule has 6 fully saturated rings. The lowest BCUT2D eigenvalue weighted by Gasteiger charge is -2.37. The van der Waals surface area contributed by atoms with Crippen LogP contribution in [0.2, 0.25) is 0 Å². The SMILES string of the molecule is O=C1C(=NC2=CC3=C(c4sc5cc(N=C6C(=O)C7CCCCC7C6=O)sc5c4C34CCCCC4)C23CCCCC3)C(=O)C2CCCCC12. The Morgan fingerprint density at radius 1 is 0.583 bits per heavy atom. The Kier molecular flexibility index (Phi) is 6.77. The van der Waals surface area contributed by atoms with Crippen LogP contribution < -0.4 is 0 Å². The van der Waals surface area contributed by atoms with Crippen LogP contribution in [0.1, 0.15) is 126 Å². The van der Waals surface area contributed by atoms with Crippen molar-refractivity contribution in [2.24, 2.45) is 39.1 Å². The van der Waals surface area contributed by atoms with Gasteiger partial charge in [-0.1, -0.05) is 64.2 Å². The van der Waals surface area contributed by atoms with Crippen LogP contribution in [-0.4, -0.2) is 34.6 Å². The van der Waals surface area contributed by atoms with Crippen molar-refractivity contribution in [1.82, 2.24) is 0 Å². The van der Waals surface area contributed by atoms with Gasteiger partial charge >= 0.3 is 0 Å². The molecule has 2 aromatic rings. The van der Waals surface area contributed by atoms with Crippen LogP contribution in [-0.2, 0) is 24.6 Å². The molecule has 2 heterocycles. The highest BCUT2D eigenvalue weighted by Gasteiger charge is 2.58. The summed E-state index contributed by atoms with van der Waals surface area (Å²) in [6.45, 7) is 0. The third-order valence-electron chi connectivity index (χ3n) is 13.8. The first-order valence-electron chi connectivity index (χ1n) is 18.8. The highest BCUT2D eigenvalue weighted by atomic mass is 32.1. The van der Waals surface area contributed by atoms with Gasteiger partial charge in [0, 0.05) is 44.1 Å². The van der Waals surface area contributed by atoms with Gasteiger partial charge in [-0.25, -0.2) is 9.98 Å². The minimum absolute atomic E-state index is 0.000881. The molecule has 8 heteroatoms. The molecule has 0 radical (unpaired) electrons. The van der Waals surface area contributed by atoms with Crippen molar-refractivity contribution in [1.29, 1.82) is 0 Å². The highest BCUT2D eigenvalue weighted by molar-refractivity contribution is 7.30. The van der Waals surface area contributed by atoms with Crippen molar-refractivity contribution in [3.63, 3.8) is 0 Å². The average molecular weight is 679 g/mol. The van der Waals surface area contributed by atoms with Gasteiger partial charge in [-0.2, -0.15) is 0 Å². The molecular weight excluding hydrogens is 637 g/mol. The molecule has 248 valence electrons. The third-order valence-corrected chi connectivity index (χ3v) is 16.1. The first kappa shape index (κ1) is 30.0. The van der Waals surface area contributed by atoms with Gasteiger partial charge in [0.25, 0.3) is 0 Å². The second-order valence-electron chi connectivity index (χ2n) is 16.1. The normalized spacial score (nSPS) is 32.0. The van der Waals surface area contributed by atoms with Gasteiger partial charge in [0.2, 0.25) is 0 Å². The lowest BCUT2D eigenvalue weighted by atomic mass is 9.67. The predicted octanol–water partition coefficient (Wildman–Crippen LogP) is 9.21. The van der Waals surface area contributed by atoms with Crippen molar-refractivity contribution < 1.29 is 19.2 Å². The molecule has 10 rings (SSSR count). The second kappa shape index (κ2) is 10.8. The van der Waals surface area contributed by atoms with Crippen molar-refractivity contribution in [2.45, 2.75) is 121 Å². The fraction of sp³-hybridized carbons (Fsp3) is 0.600. The second-order valence-corrected chi connectivity index (χ2v) is 18.1. The molecule has 48 heavy (non-hydrogen) atoms. The molecule has 8 aliphatic rings. The number of carbonyl (C=O) groups excluding carboxylic acids is 4. The largest absolute Gasteiger partial charge is 0.292 e. The lowest BCUT2D eigenvalue weighted by Crippen LogP contribution is -2.28. The molecule has 0 aliphatic heterocycles. The van der Waals surface area contributed by atoms with E-state index in [0.29, 0.717) is 0 Å². The summed E-state index contributed by atoms with van der Waals surface area (Å²) in [6.07, 6.45) is 20.9. The van der Waals surface area contributed by atoms with Crippen LogP contribution in [0.5, 0.6) is 0 Å². The fourth-order valence-electron chi connectivity index (χ4n) is 11.5. The van der Waals surface area contributed by atoms with E-state index in [9.17, 15) is 19.2 Å². The van der Waals surface area contributed by atoms with Gasteiger partial charge in [0.15, 0.2) is 28.8 Å². The van der Waals surface area contributed by atoms with E-state index in [1.165, 1.54) is 56.7 Å². The summed E-state index contributed by atoms with van der Waals surface area (Å²) in [5.74, 6) is -0.716. The Morgan fingerprint density at radius 3 is 1.62 bits per heavy atom. The quantitative estimate of drug-likeness (QED) is 0.317. The van der Waals surface area contributed by atoms with Crippen LogP contribution >= 0.6 is 22.7 Å². The Hall–Kier alpha value is -2.84. The minimum Gasteiger partial charge on any atom is -0.292 e. The van der Waals surface area contributed by atoms with Crippen molar-refractivity contribution in [3.05, 3.63) is 33.9 Å². The van der Waals surface area contributed by atoms with Crippen LogP contribution in [0.15, 0.2) is 33.4 Å². The molecule has 8 aliphatic carbocycles. The molecule has 2 spiro atoms. The number of hydrogen-bond donors (Lipinski definition) is 0. The van der Waals surface area contributed by atoms with E-state index in [4.69, 9.17) is 9.98 Å². The molecule has 4 atom stereocenters. The van der Waals surface area contributed by atoms with E-state index in [-0.39, 0.29) is 69.1 Å². The number of Topliss-reactive ketones (excluding diaryl/α,β-unsaturated/α-hetero) is 4. The topological polar surface area (TPSA) is 93.0 Å². The summed E-state index contributed by atoms with van der Waals surface area (Å²) in [7, 11) is 0. The number of hydrogen-bond acceptors (Lipinski definition) is 8. The van der Waals surface area contributed by atoms with E-state index in [0.717, 1.165) is 101 Å². The summed E-state index contributed by atoms with van der Waals surface area (Å²) in [5.41, 5.74) is 5.38. The number of fused-ring (bicyclic) bond motifs is 9. The highest BCUT2D eigenvalue weighted by Crippen LogP contribution is 2.70. The maximum Gasteiger partial charge on any atom is 0.188 e. The maximum absolute atomic E-state index is 13.7. The van der Waals surface area contributed by atoms with Gasteiger partial charge in [0.05, 0.1) is 10.4 Å². The van der Waals surface area contributed by atoms with Gasteiger partial charge in [-0.05, 0) is 80.2 Å². The molecule has 0 bridgehead atoms. The molecule has 4 unspecified atom stereocenters. The first-order valence-corrected chi connectivity index (χ1v) is 20.4. The molecule has 0 amide bonds. The number of aliphatic imine (C=N–C) groups is 2. The predicted molar refractivity (Wildman–Crippen MR) is 190 cm³/mol. The van der Waals surface area contributed by atoms with Gasteiger partial charge < -0.3 is 0 Å². The number of ketones is 4. The lowest BCUT2D eigenvalue weighted by molar-refractivity contribution is -0.120. The smallest absolute Gasteiger partial charge is 0.188 e. The zero-order valence-corrected chi connectivity index (χ0v) is 29.2. The Balaban J connectivity index is 1.09. The monoisotopic (exact) mass is 678 g/mol. The number of nitrogens with zero attached hydrogens (tertiary/aromatic N) is 2. The summed E-state index contributed by atoms with van der Waals surface area (Å²) < 4.78 is 2.48. The fourth-order valence-corrected chi connectivity index (χ4v) is 14.4. The molecule has 6 saturated carbocycles. The van der Waals surface area contributed by atoms with Gasteiger partial charge in [-0.15, -0.1) is 22.7 Å². The van der Waals surface area contributed by atoms with Crippen LogP contribution in [0.4, 0.5) is 5.00 Å². The van der Waals surface area contributed by atoms with Crippen molar-refractivity contribution in [3.8, 4) is 0 Å². The molecule has 6 nitrogen and oxygen atoms in total. The molecule has 0 N–H and O–H groups in total. The summed E-state index contributed by atoms with van der Waals surface area (Å²) in [6, 6.07) is 2.13. The van der Waals surface area contributed by atoms with Crippen LogP contribution in [0.25, 0.3) is 15.0 Å². The van der Waals surface area contributed by atoms with E-state index >= 15 is 0 Å². The van der Waals surface area contributed by atoms with E-state index in [1.807, 2.05) is 11.3 Å².